The second-order valence-corrected chi connectivity index (χ2v) is 5.37. The molecule has 0 saturated carbocycles. The summed E-state index contributed by atoms with van der Waals surface area (Å²) in [7, 11) is 0. The summed E-state index contributed by atoms with van der Waals surface area (Å²) in [6.45, 7) is 8.77. The minimum Gasteiger partial charge on any atom is -0.457 e. The molecule has 0 radical (unpaired) electrons. The fraction of sp³-hybridized carbons (Fsp3) is 0.643. The van der Waals surface area contributed by atoms with E-state index in [4.69, 9.17) is 4.74 Å². The molecule has 98 valence electrons. The van der Waals surface area contributed by atoms with Gasteiger partial charge in [-0.15, -0.1) is 0 Å². The van der Waals surface area contributed by atoms with Crippen LogP contribution in [0.5, 0.6) is 0 Å². The standard InChI is InChI=1S/C14H20N2O2/c1-5-9(4)13-12-10(7-18-14(12)17)11(15-16-13)6-8(2)3/h8-9H,5-7H2,1-4H3. The minimum atomic E-state index is -0.236. The van der Waals surface area contributed by atoms with E-state index in [0.717, 1.165) is 29.8 Å². The summed E-state index contributed by atoms with van der Waals surface area (Å²) in [4.78, 5) is 11.9. The Kier molecular flexibility index (Phi) is 3.64. The predicted octanol–water partition coefficient (Wildman–Crippen LogP) is 2.86. The van der Waals surface area contributed by atoms with Gasteiger partial charge in [0.1, 0.15) is 6.61 Å². The molecule has 0 fully saturated rings. The van der Waals surface area contributed by atoms with Crippen LogP contribution in [0.15, 0.2) is 0 Å². The van der Waals surface area contributed by atoms with E-state index in [1.54, 1.807) is 0 Å². The molecule has 0 spiro atoms. The van der Waals surface area contributed by atoms with Gasteiger partial charge in [0, 0.05) is 11.5 Å². The van der Waals surface area contributed by atoms with Crippen molar-refractivity contribution in [3.05, 3.63) is 22.5 Å². The van der Waals surface area contributed by atoms with Crippen molar-refractivity contribution in [1.82, 2.24) is 10.2 Å². The Morgan fingerprint density at radius 2 is 2.00 bits per heavy atom. The van der Waals surface area contributed by atoms with Crippen LogP contribution in [0.3, 0.4) is 0 Å². The second-order valence-electron chi connectivity index (χ2n) is 5.37. The summed E-state index contributed by atoms with van der Waals surface area (Å²) < 4.78 is 5.16. The van der Waals surface area contributed by atoms with Crippen LogP contribution in [0.2, 0.25) is 0 Å². The van der Waals surface area contributed by atoms with E-state index in [1.807, 2.05) is 0 Å². The monoisotopic (exact) mass is 248 g/mol. The van der Waals surface area contributed by atoms with Crippen LogP contribution in [-0.2, 0) is 17.8 Å². The van der Waals surface area contributed by atoms with Crippen molar-refractivity contribution in [2.24, 2.45) is 5.92 Å². The van der Waals surface area contributed by atoms with Crippen molar-refractivity contribution in [2.75, 3.05) is 0 Å². The largest absolute Gasteiger partial charge is 0.457 e. The Morgan fingerprint density at radius 3 is 2.61 bits per heavy atom. The number of hydrogen-bond donors (Lipinski definition) is 0. The number of carbonyl (C=O) groups excluding carboxylic acids is 1. The van der Waals surface area contributed by atoms with Crippen molar-refractivity contribution < 1.29 is 9.53 Å². The van der Waals surface area contributed by atoms with Gasteiger partial charge in [0.2, 0.25) is 0 Å². The molecule has 1 atom stereocenters. The summed E-state index contributed by atoms with van der Waals surface area (Å²) in [6, 6.07) is 0. The van der Waals surface area contributed by atoms with E-state index in [-0.39, 0.29) is 11.9 Å². The van der Waals surface area contributed by atoms with Crippen LogP contribution in [0.1, 0.15) is 67.3 Å². The van der Waals surface area contributed by atoms with Gasteiger partial charge < -0.3 is 4.74 Å². The lowest BCUT2D eigenvalue weighted by atomic mass is 9.95. The molecule has 1 aliphatic rings. The lowest BCUT2D eigenvalue weighted by Crippen LogP contribution is -2.12. The summed E-state index contributed by atoms with van der Waals surface area (Å²) in [5, 5.41) is 8.59. The lowest BCUT2D eigenvalue weighted by molar-refractivity contribution is 0.0533. The van der Waals surface area contributed by atoms with E-state index in [1.165, 1.54) is 0 Å². The normalized spacial score (nSPS) is 15.7. The van der Waals surface area contributed by atoms with Crippen LogP contribution in [0.4, 0.5) is 0 Å². The first-order valence-corrected chi connectivity index (χ1v) is 6.60. The van der Waals surface area contributed by atoms with Crippen LogP contribution in [0.25, 0.3) is 0 Å². The molecular weight excluding hydrogens is 228 g/mol. The average molecular weight is 248 g/mol. The molecule has 0 bridgehead atoms. The second kappa shape index (κ2) is 5.04. The number of ether oxygens (including phenoxy) is 1. The summed E-state index contributed by atoms with van der Waals surface area (Å²) in [5.41, 5.74) is 3.34. The number of carbonyl (C=O) groups is 1. The van der Waals surface area contributed by atoms with Crippen molar-refractivity contribution >= 4 is 5.97 Å². The molecule has 1 unspecified atom stereocenters. The molecule has 4 nitrogen and oxygen atoms in total. The fourth-order valence-electron chi connectivity index (χ4n) is 2.21. The molecular formula is C14H20N2O2. The molecule has 0 aromatic carbocycles. The maximum Gasteiger partial charge on any atom is 0.340 e. The van der Waals surface area contributed by atoms with Gasteiger partial charge in [-0.05, 0) is 18.8 Å². The number of fused-ring (bicyclic) bond motifs is 1. The van der Waals surface area contributed by atoms with Crippen molar-refractivity contribution in [1.29, 1.82) is 0 Å². The Labute approximate surface area is 108 Å². The molecule has 1 aliphatic heterocycles. The third kappa shape index (κ3) is 2.24. The molecule has 2 heterocycles. The first kappa shape index (κ1) is 13.0. The number of esters is 1. The zero-order valence-corrected chi connectivity index (χ0v) is 11.5. The Balaban J connectivity index is 2.49. The van der Waals surface area contributed by atoms with Gasteiger partial charge in [-0.25, -0.2) is 4.79 Å². The smallest absolute Gasteiger partial charge is 0.340 e. The molecule has 0 aliphatic carbocycles. The molecule has 18 heavy (non-hydrogen) atoms. The molecule has 0 saturated heterocycles. The summed E-state index contributed by atoms with van der Waals surface area (Å²) in [5.74, 6) is 0.499. The highest BCUT2D eigenvalue weighted by Crippen LogP contribution is 2.30. The van der Waals surface area contributed by atoms with E-state index in [0.29, 0.717) is 18.1 Å². The predicted molar refractivity (Wildman–Crippen MR) is 68.4 cm³/mol. The Hall–Kier alpha value is -1.45. The van der Waals surface area contributed by atoms with Crippen molar-refractivity contribution in [2.45, 2.75) is 53.1 Å². The van der Waals surface area contributed by atoms with Crippen LogP contribution < -0.4 is 0 Å². The lowest BCUT2D eigenvalue weighted by Gasteiger charge is -2.13. The van der Waals surface area contributed by atoms with Gasteiger partial charge in [-0.3, -0.25) is 0 Å². The quantitative estimate of drug-likeness (QED) is 0.769. The Morgan fingerprint density at radius 1 is 1.28 bits per heavy atom. The maximum absolute atomic E-state index is 11.9. The van der Waals surface area contributed by atoms with E-state index < -0.39 is 0 Å². The third-order valence-corrected chi connectivity index (χ3v) is 3.42. The van der Waals surface area contributed by atoms with E-state index in [9.17, 15) is 4.79 Å². The highest BCUT2D eigenvalue weighted by atomic mass is 16.5. The van der Waals surface area contributed by atoms with Gasteiger partial charge in [0.25, 0.3) is 0 Å². The highest BCUT2D eigenvalue weighted by Gasteiger charge is 2.31. The average Bonchev–Trinajstić information content (AvgIpc) is 2.71. The molecule has 1 aromatic rings. The van der Waals surface area contributed by atoms with Gasteiger partial charge in [0.05, 0.1) is 17.0 Å². The number of cyclic esters (lactones) is 1. The fourth-order valence-corrected chi connectivity index (χ4v) is 2.21. The summed E-state index contributed by atoms with van der Waals surface area (Å²) in [6.07, 6.45) is 1.78. The molecule has 0 amide bonds. The zero-order valence-electron chi connectivity index (χ0n) is 11.5. The van der Waals surface area contributed by atoms with Crippen LogP contribution in [0, 0.1) is 5.92 Å². The van der Waals surface area contributed by atoms with Gasteiger partial charge in [-0.1, -0.05) is 27.7 Å². The third-order valence-electron chi connectivity index (χ3n) is 3.42. The van der Waals surface area contributed by atoms with Gasteiger partial charge in [-0.2, -0.15) is 10.2 Å². The SMILES string of the molecule is CCC(C)c1nnc(CC(C)C)c2c1C(=O)OC2. The number of hydrogen-bond acceptors (Lipinski definition) is 4. The Bertz CT molecular complexity index is 469. The molecule has 1 aromatic heterocycles. The molecule has 2 rings (SSSR count). The summed E-state index contributed by atoms with van der Waals surface area (Å²) >= 11 is 0. The topological polar surface area (TPSA) is 52.1 Å². The highest BCUT2D eigenvalue weighted by molar-refractivity contribution is 5.94. The van der Waals surface area contributed by atoms with Crippen LogP contribution >= 0.6 is 0 Å². The zero-order chi connectivity index (χ0) is 13.3. The molecule has 4 heteroatoms. The van der Waals surface area contributed by atoms with Gasteiger partial charge >= 0.3 is 5.97 Å². The van der Waals surface area contributed by atoms with Crippen molar-refractivity contribution in [3.8, 4) is 0 Å². The van der Waals surface area contributed by atoms with E-state index >= 15 is 0 Å². The van der Waals surface area contributed by atoms with E-state index in [2.05, 4.69) is 37.9 Å². The number of aromatic nitrogens is 2. The van der Waals surface area contributed by atoms with Crippen molar-refractivity contribution in [3.63, 3.8) is 0 Å². The minimum absolute atomic E-state index is 0.236. The maximum atomic E-state index is 11.9. The molecule has 0 N–H and O–H groups in total. The van der Waals surface area contributed by atoms with Crippen LogP contribution in [-0.4, -0.2) is 16.2 Å². The number of nitrogens with zero attached hydrogens (tertiary/aromatic N) is 2. The first-order valence-electron chi connectivity index (χ1n) is 6.60. The van der Waals surface area contributed by atoms with Gasteiger partial charge in [0.15, 0.2) is 0 Å². The number of rotatable bonds is 4. The first-order chi connectivity index (χ1) is 8.54.